The molecule has 0 unspecified atom stereocenters. The summed E-state index contributed by atoms with van der Waals surface area (Å²) in [4.78, 5) is 3.97. The van der Waals surface area contributed by atoms with Crippen molar-refractivity contribution in [1.82, 2.24) is 14.8 Å². The van der Waals surface area contributed by atoms with Gasteiger partial charge in [-0.3, -0.25) is 15.1 Å². The van der Waals surface area contributed by atoms with E-state index in [1.807, 2.05) is 25.1 Å². The molecular formula is C12H14N4O. The quantitative estimate of drug-likeness (QED) is 0.646. The lowest BCUT2D eigenvalue weighted by Crippen LogP contribution is -2.13. The third-order valence-corrected chi connectivity index (χ3v) is 2.50. The molecule has 0 aliphatic rings. The minimum atomic E-state index is 0.192. The summed E-state index contributed by atoms with van der Waals surface area (Å²) in [6.07, 6.45) is 3.47. The van der Waals surface area contributed by atoms with E-state index in [1.54, 1.807) is 17.1 Å². The number of hydrogen-bond acceptors (Lipinski definition) is 4. The first-order chi connectivity index (χ1) is 8.20. The summed E-state index contributed by atoms with van der Waals surface area (Å²) < 4.78 is 6.59. The number of hydrogen-bond donors (Lipinski definition) is 1. The Labute approximate surface area is 99.6 Å². The van der Waals surface area contributed by atoms with Crippen molar-refractivity contribution in [2.75, 3.05) is 7.11 Å². The van der Waals surface area contributed by atoms with Crippen LogP contribution in [-0.4, -0.2) is 27.8 Å². The fourth-order valence-corrected chi connectivity index (χ4v) is 1.53. The zero-order chi connectivity index (χ0) is 12.3. The fourth-order valence-electron chi connectivity index (χ4n) is 1.53. The highest BCUT2D eigenvalue weighted by Gasteiger charge is 2.07. The number of nitrogens with zero attached hydrogens (tertiary/aromatic N) is 3. The molecule has 5 heteroatoms. The highest BCUT2D eigenvalue weighted by Crippen LogP contribution is 2.17. The SMILES string of the molecule is COC(=N)Cn1nc(-c2ccncc2)cc1C. The summed E-state index contributed by atoms with van der Waals surface area (Å²) in [5.74, 6) is 0.192. The monoisotopic (exact) mass is 230 g/mol. The van der Waals surface area contributed by atoms with Crippen molar-refractivity contribution >= 4 is 5.90 Å². The van der Waals surface area contributed by atoms with Crippen LogP contribution in [-0.2, 0) is 11.3 Å². The van der Waals surface area contributed by atoms with Crippen LogP contribution in [0.15, 0.2) is 30.6 Å². The van der Waals surface area contributed by atoms with Gasteiger partial charge in [-0.05, 0) is 25.1 Å². The molecule has 2 aromatic rings. The zero-order valence-electron chi connectivity index (χ0n) is 9.84. The molecule has 0 saturated carbocycles. The van der Waals surface area contributed by atoms with Crippen LogP contribution < -0.4 is 0 Å². The van der Waals surface area contributed by atoms with E-state index in [0.717, 1.165) is 17.0 Å². The van der Waals surface area contributed by atoms with Crippen molar-refractivity contribution in [2.24, 2.45) is 0 Å². The van der Waals surface area contributed by atoms with Crippen molar-refractivity contribution in [3.63, 3.8) is 0 Å². The average molecular weight is 230 g/mol. The molecule has 0 spiro atoms. The zero-order valence-corrected chi connectivity index (χ0v) is 9.84. The van der Waals surface area contributed by atoms with Gasteiger partial charge in [0.05, 0.1) is 12.8 Å². The van der Waals surface area contributed by atoms with Gasteiger partial charge in [0.25, 0.3) is 0 Å². The number of aromatic nitrogens is 3. The molecule has 1 N–H and O–H groups in total. The summed E-state index contributed by atoms with van der Waals surface area (Å²) >= 11 is 0. The van der Waals surface area contributed by atoms with Crippen LogP contribution in [0.3, 0.4) is 0 Å². The summed E-state index contributed by atoms with van der Waals surface area (Å²) in [5, 5.41) is 11.9. The van der Waals surface area contributed by atoms with E-state index in [9.17, 15) is 0 Å². The number of ether oxygens (including phenoxy) is 1. The molecule has 0 saturated heterocycles. The van der Waals surface area contributed by atoms with Gasteiger partial charge in [-0.15, -0.1) is 0 Å². The van der Waals surface area contributed by atoms with E-state index in [0.29, 0.717) is 6.54 Å². The lowest BCUT2D eigenvalue weighted by atomic mass is 10.2. The fraction of sp³-hybridized carbons (Fsp3) is 0.250. The average Bonchev–Trinajstić information content (AvgIpc) is 2.72. The Morgan fingerprint density at radius 1 is 1.41 bits per heavy atom. The lowest BCUT2D eigenvalue weighted by Gasteiger charge is -2.04. The molecule has 88 valence electrons. The van der Waals surface area contributed by atoms with E-state index >= 15 is 0 Å². The van der Waals surface area contributed by atoms with Gasteiger partial charge in [0.15, 0.2) is 0 Å². The van der Waals surface area contributed by atoms with Crippen molar-refractivity contribution in [1.29, 1.82) is 5.41 Å². The Kier molecular flexibility index (Phi) is 3.18. The maximum absolute atomic E-state index is 7.49. The van der Waals surface area contributed by atoms with Gasteiger partial charge in [-0.25, -0.2) is 0 Å². The molecule has 17 heavy (non-hydrogen) atoms. The van der Waals surface area contributed by atoms with Gasteiger partial charge in [0.2, 0.25) is 5.90 Å². The summed E-state index contributed by atoms with van der Waals surface area (Å²) in [5.41, 5.74) is 2.90. The molecule has 5 nitrogen and oxygen atoms in total. The minimum Gasteiger partial charge on any atom is -0.483 e. The van der Waals surface area contributed by atoms with Crippen LogP contribution >= 0.6 is 0 Å². The second kappa shape index (κ2) is 4.78. The van der Waals surface area contributed by atoms with Crippen LogP contribution in [0.1, 0.15) is 5.69 Å². The number of pyridine rings is 1. The number of nitrogens with one attached hydrogen (secondary N) is 1. The van der Waals surface area contributed by atoms with E-state index in [1.165, 1.54) is 7.11 Å². The highest BCUT2D eigenvalue weighted by molar-refractivity contribution is 5.72. The maximum atomic E-state index is 7.49. The van der Waals surface area contributed by atoms with Crippen LogP contribution in [0.4, 0.5) is 0 Å². The van der Waals surface area contributed by atoms with Gasteiger partial charge < -0.3 is 4.74 Å². The maximum Gasteiger partial charge on any atom is 0.202 e. The Bertz CT molecular complexity index is 519. The number of aryl methyl sites for hydroxylation is 1. The van der Waals surface area contributed by atoms with E-state index in [4.69, 9.17) is 10.1 Å². The number of rotatable bonds is 3. The molecule has 0 aliphatic carbocycles. The predicted molar refractivity (Wildman–Crippen MR) is 64.9 cm³/mol. The van der Waals surface area contributed by atoms with Crippen molar-refractivity contribution < 1.29 is 4.74 Å². The molecule has 2 rings (SSSR count). The second-order valence-corrected chi connectivity index (χ2v) is 3.69. The molecule has 0 aliphatic heterocycles. The standard InChI is InChI=1S/C12H14N4O/c1-9-7-11(10-3-5-14-6-4-10)15-16(9)8-12(13)17-2/h3-7,13H,8H2,1-2H3. The Morgan fingerprint density at radius 2 is 2.12 bits per heavy atom. The number of methoxy groups -OCH3 is 1. The van der Waals surface area contributed by atoms with Crippen LogP contribution in [0.5, 0.6) is 0 Å². The third-order valence-electron chi connectivity index (χ3n) is 2.50. The molecule has 0 bridgehead atoms. The first kappa shape index (κ1) is 11.3. The van der Waals surface area contributed by atoms with Gasteiger partial charge in [0, 0.05) is 23.7 Å². The van der Waals surface area contributed by atoms with Crippen LogP contribution in [0.25, 0.3) is 11.3 Å². The largest absolute Gasteiger partial charge is 0.483 e. The van der Waals surface area contributed by atoms with E-state index in [2.05, 4.69) is 10.1 Å². The first-order valence-electron chi connectivity index (χ1n) is 5.27. The van der Waals surface area contributed by atoms with Crippen molar-refractivity contribution in [2.45, 2.75) is 13.5 Å². The normalized spacial score (nSPS) is 10.2. The second-order valence-electron chi connectivity index (χ2n) is 3.69. The molecule has 0 amide bonds. The molecule has 0 aromatic carbocycles. The third kappa shape index (κ3) is 2.50. The highest BCUT2D eigenvalue weighted by atomic mass is 16.5. The predicted octanol–water partition coefficient (Wildman–Crippen LogP) is 1.88. The first-order valence-corrected chi connectivity index (χ1v) is 5.27. The van der Waals surface area contributed by atoms with Gasteiger partial charge in [-0.2, -0.15) is 5.10 Å². The molecule has 0 radical (unpaired) electrons. The Balaban J connectivity index is 2.28. The van der Waals surface area contributed by atoms with Crippen molar-refractivity contribution in [3.05, 3.63) is 36.3 Å². The molecule has 0 fully saturated rings. The lowest BCUT2D eigenvalue weighted by molar-refractivity contribution is 0.376. The van der Waals surface area contributed by atoms with Crippen LogP contribution in [0, 0.1) is 12.3 Å². The molecule has 2 heterocycles. The van der Waals surface area contributed by atoms with E-state index < -0.39 is 0 Å². The summed E-state index contributed by atoms with van der Waals surface area (Å²) in [6.45, 7) is 2.31. The van der Waals surface area contributed by atoms with Gasteiger partial charge in [-0.1, -0.05) is 0 Å². The molecular weight excluding hydrogens is 216 g/mol. The Morgan fingerprint density at radius 3 is 2.76 bits per heavy atom. The molecule has 2 aromatic heterocycles. The van der Waals surface area contributed by atoms with Crippen LogP contribution in [0.2, 0.25) is 0 Å². The smallest absolute Gasteiger partial charge is 0.202 e. The minimum absolute atomic E-state index is 0.192. The van der Waals surface area contributed by atoms with Crippen molar-refractivity contribution in [3.8, 4) is 11.3 Å². The Hall–Kier alpha value is -2.17. The summed E-state index contributed by atoms with van der Waals surface area (Å²) in [6, 6.07) is 5.81. The summed E-state index contributed by atoms with van der Waals surface area (Å²) in [7, 11) is 1.49. The van der Waals surface area contributed by atoms with E-state index in [-0.39, 0.29) is 5.90 Å². The van der Waals surface area contributed by atoms with Gasteiger partial charge in [0.1, 0.15) is 6.54 Å². The topological polar surface area (TPSA) is 63.8 Å². The van der Waals surface area contributed by atoms with Gasteiger partial charge >= 0.3 is 0 Å². The molecule has 0 atom stereocenters.